The van der Waals surface area contributed by atoms with Gasteiger partial charge >= 0.3 is 0 Å². The molecule has 0 saturated carbocycles. The summed E-state index contributed by atoms with van der Waals surface area (Å²) in [7, 11) is 0. The van der Waals surface area contributed by atoms with Crippen molar-refractivity contribution in [3.63, 3.8) is 0 Å². The van der Waals surface area contributed by atoms with Crippen LogP contribution in [0.1, 0.15) is 17.6 Å². The van der Waals surface area contributed by atoms with Crippen LogP contribution in [0.2, 0.25) is 0 Å². The Hall–Kier alpha value is -1.02. The third-order valence-corrected chi connectivity index (χ3v) is 1.91. The van der Waals surface area contributed by atoms with Crippen molar-refractivity contribution in [3.05, 3.63) is 28.0 Å². The van der Waals surface area contributed by atoms with Gasteiger partial charge in [-0.25, -0.2) is 13.8 Å². The largest absolute Gasteiger partial charge is 0.267 e. The molecule has 0 aliphatic carbocycles. The lowest BCUT2D eigenvalue weighted by Gasteiger charge is -2.02. The number of halogens is 3. The number of nitriles is 1. The maximum atomic E-state index is 12.3. The number of hydrogen-bond donors (Lipinski definition) is 0. The van der Waals surface area contributed by atoms with Gasteiger partial charge in [-0.15, -0.1) is 0 Å². The van der Waals surface area contributed by atoms with Gasteiger partial charge in [0.25, 0.3) is 6.43 Å². The molecule has 0 amide bonds. The van der Waals surface area contributed by atoms with Gasteiger partial charge < -0.3 is 0 Å². The van der Waals surface area contributed by atoms with E-state index in [2.05, 4.69) is 20.9 Å². The molecule has 0 saturated heterocycles. The second kappa shape index (κ2) is 3.59. The van der Waals surface area contributed by atoms with Crippen LogP contribution in [-0.2, 0) is 0 Å². The summed E-state index contributed by atoms with van der Waals surface area (Å²) < 4.78 is 24.5. The summed E-state index contributed by atoms with van der Waals surface area (Å²) in [6.45, 7) is 0. The van der Waals surface area contributed by atoms with Crippen molar-refractivity contribution in [3.8, 4) is 6.07 Å². The Kier molecular flexibility index (Phi) is 2.71. The molecule has 0 radical (unpaired) electrons. The molecule has 0 aliphatic heterocycles. The molecule has 1 rings (SSSR count). The molecule has 1 aromatic heterocycles. The van der Waals surface area contributed by atoms with Crippen molar-refractivity contribution in [2.45, 2.75) is 6.43 Å². The minimum absolute atomic E-state index is 0.0246. The van der Waals surface area contributed by atoms with Crippen molar-refractivity contribution >= 4 is 15.9 Å². The van der Waals surface area contributed by atoms with Gasteiger partial charge in [0, 0.05) is 6.20 Å². The van der Waals surface area contributed by atoms with Gasteiger partial charge in [0.1, 0.15) is 4.60 Å². The Morgan fingerprint density at radius 1 is 1.58 bits per heavy atom. The molecule has 0 atom stereocenters. The number of pyridine rings is 1. The van der Waals surface area contributed by atoms with Gasteiger partial charge in [0.05, 0.1) is 17.2 Å². The predicted octanol–water partition coefficient (Wildman–Crippen LogP) is 2.65. The maximum absolute atomic E-state index is 12.3. The molecule has 12 heavy (non-hydrogen) atoms. The Morgan fingerprint density at radius 3 is 2.67 bits per heavy atom. The number of rotatable bonds is 1. The van der Waals surface area contributed by atoms with E-state index in [1.807, 2.05) is 0 Å². The van der Waals surface area contributed by atoms with Gasteiger partial charge in [-0.2, -0.15) is 5.26 Å². The third-order valence-electron chi connectivity index (χ3n) is 1.28. The summed E-state index contributed by atoms with van der Waals surface area (Å²) in [5.41, 5.74) is -0.396. The fourth-order valence-electron chi connectivity index (χ4n) is 0.753. The van der Waals surface area contributed by atoms with E-state index in [1.165, 1.54) is 12.3 Å². The van der Waals surface area contributed by atoms with Gasteiger partial charge in [-0.1, -0.05) is 0 Å². The standard InChI is InChI=1S/C7H3BrF2N2/c8-6-5(7(9)10)4(3-11)1-2-12-6/h1-2,7H. The third kappa shape index (κ3) is 1.59. The first-order chi connectivity index (χ1) is 5.66. The van der Waals surface area contributed by atoms with Crippen LogP contribution in [-0.4, -0.2) is 4.98 Å². The van der Waals surface area contributed by atoms with Crippen LogP contribution in [0.5, 0.6) is 0 Å². The highest BCUT2D eigenvalue weighted by molar-refractivity contribution is 9.10. The minimum atomic E-state index is -2.68. The minimum Gasteiger partial charge on any atom is -0.249 e. The number of alkyl halides is 2. The van der Waals surface area contributed by atoms with Gasteiger partial charge in [0.15, 0.2) is 0 Å². The highest BCUT2D eigenvalue weighted by atomic mass is 79.9. The molecule has 1 aromatic rings. The molecule has 1 heterocycles. The molecule has 0 bridgehead atoms. The first-order valence-electron chi connectivity index (χ1n) is 2.99. The lowest BCUT2D eigenvalue weighted by Crippen LogP contribution is -1.93. The van der Waals surface area contributed by atoms with Crippen LogP contribution in [0.25, 0.3) is 0 Å². The quantitative estimate of drug-likeness (QED) is 0.699. The fraction of sp³-hybridized carbons (Fsp3) is 0.143. The van der Waals surface area contributed by atoms with Crippen LogP contribution < -0.4 is 0 Å². The van der Waals surface area contributed by atoms with E-state index in [4.69, 9.17) is 5.26 Å². The van der Waals surface area contributed by atoms with Crippen molar-refractivity contribution in [1.29, 1.82) is 5.26 Å². The number of nitrogens with zero attached hydrogens (tertiary/aromatic N) is 2. The van der Waals surface area contributed by atoms with Crippen molar-refractivity contribution in [1.82, 2.24) is 4.98 Å². The van der Waals surface area contributed by atoms with Crippen LogP contribution in [0.4, 0.5) is 8.78 Å². The highest BCUT2D eigenvalue weighted by Gasteiger charge is 2.16. The molecular weight excluding hydrogens is 230 g/mol. The van der Waals surface area contributed by atoms with E-state index in [1.54, 1.807) is 6.07 Å². The van der Waals surface area contributed by atoms with E-state index in [9.17, 15) is 8.78 Å². The highest BCUT2D eigenvalue weighted by Crippen LogP contribution is 2.28. The van der Waals surface area contributed by atoms with Gasteiger partial charge in [0.2, 0.25) is 0 Å². The molecule has 5 heteroatoms. The van der Waals surface area contributed by atoms with Crippen molar-refractivity contribution < 1.29 is 8.78 Å². The fourth-order valence-corrected chi connectivity index (χ4v) is 1.26. The molecule has 0 fully saturated rings. The number of hydrogen-bond acceptors (Lipinski definition) is 2. The zero-order valence-electron chi connectivity index (χ0n) is 5.76. The molecule has 0 N–H and O–H groups in total. The monoisotopic (exact) mass is 232 g/mol. The second-order valence-electron chi connectivity index (χ2n) is 1.98. The van der Waals surface area contributed by atoms with Gasteiger partial charge in [-0.05, 0) is 22.0 Å². The van der Waals surface area contributed by atoms with Crippen LogP contribution in [0.15, 0.2) is 16.9 Å². The summed E-state index contributed by atoms with van der Waals surface area (Å²) in [4.78, 5) is 3.59. The zero-order valence-corrected chi connectivity index (χ0v) is 7.35. The normalized spacial score (nSPS) is 9.92. The van der Waals surface area contributed by atoms with E-state index in [0.717, 1.165) is 0 Å². The summed E-state index contributed by atoms with van der Waals surface area (Å²) in [6, 6.07) is 2.92. The molecular formula is C7H3BrF2N2. The average molecular weight is 233 g/mol. The molecule has 62 valence electrons. The lowest BCUT2D eigenvalue weighted by atomic mass is 10.2. The Balaban J connectivity index is 3.32. The zero-order chi connectivity index (χ0) is 9.14. The average Bonchev–Trinajstić information content (AvgIpc) is 2.03. The smallest absolute Gasteiger partial charge is 0.249 e. The first kappa shape index (κ1) is 9.07. The summed E-state index contributed by atoms with van der Waals surface area (Å²) in [5.74, 6) is 0. The Morgan fingerprint density at radius 2 is 2.25 bits per heavy atom. The van der Waals surface area contributed by atoms with Crippen LogP contribution >= 0.6 is 15.9 Å². The topological polar surface area (TPSA) is 36.7 Å². The molecule has 2 nitrogen and oxygen atoms in total. The molecule has 0 spiro atoms. The Labute approximate surface area is 76.0 Å². The SMILES string of the molecule is N#Cc1ccnc(Br)c1C(F)F. The van der Waals surface area contributed by atoms with Gasteiger partial charge in [-0.3, -0.25) is 0 Å². The molecule has 0 aliphatic rings. The Bertz CT molecular complexity index is 333. The predicted molar refractivity (Wildman–Crippen MR) is 41.6 cm³/mol. The summed E-state index contributed by atoms with van der Waals surface area (Å²) in [5, 5.41) is 8.46. The molecule has 0 unspecified atom stereocenters. The first-order valence-corrected chi connectivity index (χ1v) is 3.78. The van der Waals surface area contributed by atoms with E-state index >= 15 is 0 Å². The van der Waals surface area contributed by atoms with Crippen molar-refractivity contribution in [2.24, 2.45) is 0 Å². The lowest BCUT2D eigenvalue weighted by molar-refractivity contribution is 0.149. The molecule has 0 aromatic carbocycles. The van der Waals surface area contributed by atoms with E-state index < -0.39 is 6.43 Å². The van der Waals surface area contributed by atoms with E-state index in [0.29, 0.717) is 0 Å². The summed E-state index contributed by atoms with van der Waals surface area (Å²) >= 11 is 2.85. The maximum Gasteiger partial charge on any atom is 0.267 e. The van der Waals surface area contributed by atoms with Crippen LogP contribution in [0, 0.1) is 11.3 Å². The van der Waals surface area contributed by atoms with Crippen molar-refractivity contribution in [2.75, 3.05) is 0 Å². The summed E-state index contributed by atoms with van der Waals surface area (Å²) in [6.07, 6.45) is -1.38. The second-order valence-corrected chi connectivity index (χ2v) is 2.73. The number of aromatic nitrogens is 1. The van der Waals surface area contributed by atoms with E-state index in [-0.39, 0.29) is 15.7 Å². The van der Waals surface area contributed by atoms with Crippen LogP contribution in [0.3, 0.4) is 0 Å².